The molecule has 1 rings (SSSR count). The summed E-state index contributed by atoms with van der Waals surface area (Å²) in [5, 5.41) is 3.47. The normalized spacial score (nSPS) is 8.44. The third-order valence-electron chi connectivity index (χ3n) is 0.870. The minimum atomic E-state index is 0.854. The van der Waals surface area contributed by atoms with E-state index < -0.39 is 0 Å². The van der Waals surface area contributed by atoms with Gasteiger partial charge in [0.15, 0.2) is 0 Å². The first kappa shape index (κ1) is 5.75. The largest absolute Gasteiger partial charge is 0.278 e. The predicted octanol–water partition coefficient (Wildman–Crippen LogP) is 1.11. The molecule has 0 amide bonds. The molecule has 0 aromatic carbocycles. The first-order valence-electron chi connectivity index (χ1n) is 2.55. The van der Waals surface area contributed by atoms with Crippen LogP contribution in [0.5, 0.6) is 0 Å². The maximum atomic E-state index is 3.85. The second-order valence-corrected chi connectivity index (χ2v) is 1.51. The van der Waals surface area contributed by atoms with Crippen molar-refractivity contribution in [1.82, 2.24) is 4.98 Å². The molecule has 0 aliphatic heterocycles. The molecular formula is C6H7N3. The van der Waals surface area contributed by atoms with Crippen LogP contribution in [-0.2, 0) is 0 Å². The number of rotatable bonds is 2. The van der Waals surface area contributed by atoms with E-state index in [4.69, 9.17) is 0 Å². The van der Waals surface area contributed by atoms with Gasteiger partial charge in [-0.25, -0.2) is 0 Å². The van der Waals surface area contributed by atoms with Gasteiger partial charge < -0.3 is 0 Å². The Balaban J connectivity index is 2.72. The van der Waals surface area contributed by atoms with Crippen molar-refractivity contribution in [3.63, 3.8) is 0 Å². The van der Waals surface area contributed by atoms with E-state index in [1.165, 1.54) is 0 Å². The summed E-state index contributed by atoms with van der Waals surface area (Å²) in [7, 11) is 0. The highest BCUT2D eigenvalue weighted by Gasteiger charge is 1.81. The van der Waals surface area contributed by atoms with Crippen LogP contribution in [0.15, 0.2) is 29.6 Å². The van der Waals surface area contributed by atoms with Gasteiger partial charge in [-0.05, 0) is 12.1 Å². The highest BCUT2D eigenvalue weighted by molar-refractivity contribution is 5.41. The molecule has 0 saturated heterocycles. The Labute approximate surface area is 53.4 Å². The molecule has 9 heavy (non-hydrogen) atoms. The zero-order chi connectivity index (χ0) is 6.53. The minimum absolute atomic E-state index is 0.854. The highest BCUT2D eigenvalue weighted by Crippen LogP contribution is 2.00. The molecule has 0 radical (unpaired) electrons. The number of hydrogen-bond donors (Lipinski definition) is 1. The van der Waals surface area contributed by atoms with Gasteiger partial charge in [-0.15, -0.1) is 0 Å². The molecule has 0 fully saturated rings. The van der Waals surface area contributed by atoms with Crippen molar-refractivity contribution >= 4 is 12.4 Å². The molecule has 0 bridgehead atoms. The van der Waals surface area contributed by atoms with Gasteiger partial charge in [-0.3, -0.25) is 10.4 Å². The van der Waals surface area contributed by atoms with Gasteiger partial charge in [0.1, 0.15) is 0 Å². The summed E-state index contributed by atoms with van der Waals surface area (Å²) in [6, 6.07) is 3.69. The fraction of sp³-hybridized carbons (Fsp3) is 0. The fourth-order valence-corrected chi connectivity index (χ4v) is 0.520. The minimum Gasteiger partial charge on any atom is -0.278 e. The van der Waals surface area contributed by atoms with Crippen LogP contribution >= 0.6 is 0 Å². The Morgan fingerprint density at radius 3 is 3.11 bits per heavy atom. The number of hydrogen-bond acceptors (Lipinski definition) is 3. The van der Waals surface area contributed by atoms with Crippen molar-refractivity contribution in [1.29, 1.82) is 0 Å². The van der Waals surface area contributed by atoms with Crippen molar-refractivity contribution < 1.29 is 0 Å². The first-order chi connectivity index (χ1) is 4.43. The topological polar surface area (TPSA) is 37.3 Å². The molecular weight excluding hydrogens is 114 g/mol. The standard InChI is InChI=1S/C6H7N3/c1-7-9-6-3-2-4-8-5-6/h2-5,9H,1H2. The van der Waals surface area contributed by atoms with Crippen molar-refractivity contribution in [2.45, 2.75) is 0 Å². The number of pyridine rings is 1. The molecule has 1 N–H and O–H groups in total. The van der Waals surface area contributed by atoms with E-state index >= 15 is 0 Å². The zero-order valence-electron chi connectivity index (χ0n) is 4.91. The van der Waals surface area contributed by atoms with Gasteiger partial charge in [-0.2, -0.15) is 5.10 Å². The van der Waals surface area contributed by atoms with Crippen LogP contribution in [-0.4, -0.2) is 11.7 Å². The molecule has 1 heterocycles. The first-order valence-corrected chi connectivity index (χ1v) is 2.55. The highest BCUT2D eigenvalue weighted by atomic mass is 15.3. The van der Waals surface area contributed by atoms with Gasteiger partial charge in [0.2, 0.25) is 0 Å². The molecule has 0 saturated carbocycles. The summed E-state index contributed by atoms with van der Waals surface area (Å²) in [6.45, 7) is 3.27. The maximum Gasteiger partial charge on any atom is 0.0744 e. The lowest BCUT2D eigenvalue weighted by atomic mass is 10.4. The molecule has 1 aromatic heterocycles. The van der Waals surface area contributed by atoms with Gasteiger partial charge in [0.25, 0.3) is 0 Å². The summed E-state index contributed by atoms with van der Waals surface area (Å²) in [4.78, 5) is 3.85. The van der Waals surface area contributed by atoms with Crippen LogP contribution in [0.4, 0.5) is 5.69 Å². The molecule has 1 aromatic rings. The van der Waals surface area contributed by atoms with Crippen molar-refractivity contribution in [3.8, 4) is 0 Å². The Morgan fingerprint density at radius 2 is 2.56 bits per heavy atom. The summed E-state index contributed by atoms with van der Waals surface area (Å²) in [5.41, 5.74) is 3.51. The number of nitrogens with one attached hydrogen (secondary N) is 1. The van der Waals surface area contributed by atoms with E-state index in [-0.39, 0.29) is 0 Å². The van der Waals surface area contributed by atoms with E-state index in [1.807, 2.05) is 12.1 Å². The maximum absolute atomic E-state index is 3.85. The van der Waals surface area contributed by atoms with Crippen LogP contribution in [0.3, 0.4) is 0 Å². The smallest absolute Gasteiger partial charge is 0.0744 e. The lowest BCUT2D eigenvalue weighted by Crippen LogP contribution is -1.85. The van der Waals surface area contributed by atoms with E-state index in [9.17, 15) is 0 Å². The number of aromatic nitrogens is 1. The lowest BCUT2D eigenvalue weighted by Gasteiger charge is -1.93. The van der Waals surface area contributed by atoms with Crippen LogP contribution in [0.2, 0.25) is 0 Å². The molecule has 0 unspecified atom stereocenters. The van der Waals surface area contributed by atoms with Gasteiger partial charge in [-0.1, -0.05) is 0 Å². The number of nitrogens with zero attached hydrogens (tertiary/aromatic N) is 2. The molecule has 3 heteroatoms. The van der Waals surface area contributed by atoms with E-state index in [2.05, 4.69) is 22.2 Å². The summed E-state index contributed by atoms with van der Waals surface area (Å²) in [6.07, 6.45) is 3.38. The van der Waals surface area contributed by atoms with Crippen LogP contribution in [0.25, 0.3) is 0 Å². The van der Waals surface area contributed by atoms with E-state index in [0.717, 1.165) is 5.69 Å². The van der Waals surface area contributed by atoms with Crippen LogP contribution in [0.1, 0.15) is 0 Å². The van der Waals surface area contributed by atoms with Gasteiger partial charge in [0.05, 0.1) is 11.9 Å². The average Bonchev–Trinajstić information content (AvgIpc) is 1.91. The van der Waals surface area contributed by atoms with Gasteiger partial charge >= 0.3 is 0 Å². The molecule has 0 aliphatic carbocycles. The zero-order valence-corrected chi connectivity index (χ0v) is 4.91. The molecule has 0 spiro atoms. The van der Waals surface area contributed by atoms with Crippen molar-refractivity contribution in [3.05, 3.63) is 24.5 Å². The fourth-order valence-electron chi connectivity index (χ4n) is 0.520. The quantitative estimate of drug-likeness (QED) is 0.470. The molecule has 0 atom stereocenters. The summed E-state index contributed by atoms with van der Waals surface area (Å²) >= 11 is 0. The van der Waals surface area contributed by atoms with E-state index in [1.54, 1.807) is 12.4 Å². The Bertz CT molecular complexity index is 183. The third-order valence-corrected chi connectivity index (χ3v) is 0.870. The second kappa shape index (κ2) is 2.81. The van der Waals surface area contributed by atoms with Crippen LogP contribution in [0, 0.1) is 0 Å². The predicted molar refractivity (Wildman–Crippen MR) is 37.4 cm³/mol. The lowest BCUT2D eigenvalue weighted by molar-refractivity contribution is 1.28. The van der Waals surface area contributed by atoms with Gasteiger partial charge in [0, 0.05) is 12.9 Å². The monoisotopic (exact) mass is 121 g/mol. The summed E-state index contributed by atoms with van der Waals surface area (Å²) < 4.78 is 0. The molecule has 46 valence electrons. The Hall–Kier alpha value is -1.38. The van der Waals surface area contributed by atoms with E-state index in [0.29, 0.717) is 0 Å². The molecule has 0 aliphatic rings. The van der Waals surface area contributed by atoms with Crippen LogP contribution < -0.4 is 5.43 Å². The number of hydrazone groups is 1. The molecule has 3 nitrogen and oxygen atoms in total. The number of anilines is 1. The second-order valence-electron chi connectivity index (χ2n) is 1.51. The Kier molecular flexibility index (Phi) is 1.80. The summed E-state index contributed by atoms with van der Waals surface area (Å²) in [5.74, 6) is 0. The van der Waals surface area contributed by atoms with Crippen molar-refractivity contribution in [2.75, 3.05) is 5.43 Å². The Morgan fingerprint density at radius 1 is 1.67 bits per heavy atom. The third kappa shape index (κ3) is 1.53. The average molecular weight is 121 g/mol. The van der Waals surface area contributed by atoms with Crippen molar-refractivity contribution in [2.24, 2.45) is 5.10 Å². The SMILES string of the molecule is C=NNc1cccnc1.